The Labute approximate surface area is 119 Å². The molecule has 0 aliphatic rings. The van der Waals surface area contributed by atoms with E-state index in [0.717, 1.165) is 5.56 Å². The predicted octanol–water partition coefficient (Wildman–Crippen LogP) is 2.81. The molecule has 20 heavy (non-hydrogen) atoms. The number of benzene rings is 2. The first kappa shape index (κ1) is 14.4. The van der Waals surface area contributed by atoms with E-state index < -0.39 is 10.0 Å². The van der Waals surface area contributed by atoms with E-state index in [2.05, 4.69) is 4.72 Å². The van der Waals surface area contributed by atoms with E-state index in [1.807, 2.05) is 37.3 Å². The Balaban J connectivity index is 2.08. The van der Waals surface area contributed by atoms with Crippen molar-refractivity contribution < 1.29 is 8.42 Å². The van der Waals surface area contributed by atoms with E-state index >= 15 is 0 Å². The van der Waals surface area contributed by atoms with E-state index in [4.69, 9.17) is 5.73 Å². The maximum absolute atomic E-state index is 12.1. The molecule has 0 aromatic heterocycles. The van der Waals surface area contributed by atoms with E-state index in [0.29, 0.717) is 11.4 Å². The maximum atomic E-state index is 12.1. The minimum Gasteiger partial charge on any atom is -0.399 e. The number of nitrogen functional groups attached to an aromatic ring is 1. The lowest BCUT2D eigenvalue weighted by Crippen LogP contribution is -2.20. The summed E-state index contributed by atoms with van der Waals surface area (Å²) in [5.41, 5.74) is 7.66. The molecule has 5 heteroatoms. The van der Waals surface area contributed by atoms with Gasteiger partial charge in [0.1, 0.15) is 0 Å². The minimum absolute atomic E-state index is 0.0335. The summed E-state index contributed by atoms with van der Waals surface area (Å²) >= 11 is 0. The van der Waals surface area contributed by atoms with Gasteiger partial charge in [-0.1, -0.05) is 43.3 Å². The standard InChI is InChI=1S/C15H18N2O2S/c1-12(13-6-3-2-4-7-13)11-20(18,19)17-15-9-5-8-14(16)10-15/h2-10,12,17H,11,16H2,1H3. The molecule has 0 radical (unpaired) electrons. The van der Waals surface area contributed by atoms with Gasteiger partial charge in [-0.25, -0.2) is 8.42 Å². The summed E-state index contributed by atoms with van der Waals surface area (Å²) in [5, 5.41) is 0. The largest absolute Gasteiger partial charge is 0.399 e. The second kappa shape index (κ2) is 5.96. The van der Waals surface area contributed by atoms with Crippen LogP contribution in [0.25, 0.3) is 0 Å². The van der Waals surface area contributed by atoms with E-state index in [9.17, 15) is 8.42 Å². The number of rotatable bonds is 5. The van der Waals surface area contributed by atoms with Crippen LogP contribution in [0.1, 0.15) is 18.4 Å². The summed E-state index contributed by atoms with van der Waals surface area (Å²) in [6.07, 6.45) is 0. The van der Waals surface area contributed by atoms with Gasteiger partial charge in [0.25, 0.3) is 0 Å². The van der Waals surface area contributed by atoms with Crippen LogP contribution in [0.3, 0.4) is 0 Å². The predicted molar refractivity (Wildman–Crippen MR) is 83.1 cm³/mol. The molecule has 0 saturated heterocycles. The summed E-state index contributed by atoms with van der Waals surface area (Å²) in [7, 11) is -3.40. The van der Waals surface area contributed by atoms with Crippen LogP contribution in [0.2, 0.25) is 0 Å². The van der Waals surface area contributed by atoms with Crippen molar-refractivity contribution in [1.82, 2.24) is 0 Å². The SMILES string of the molecule is CC(CS(=O)(=O)Nc1cccc(N)c1)c1ccccc1. The number of nitrogens with one attached hydrogen (secondary N) is 1. The number of hydrogen-bond donors (Lipinski definition) is 2. The van der Waals surface area contributed by atoms with Gasteiger partial charge in [-0.2, -0.15) is 0 Å². The van der Waals surface area contributed by atoms with Crippen molar-refractivity contribution in [2.45, 2.75) is 12.8 Å². The van der Waals surface area contributed by atoms with Gasteiger partial charge in [0, 0.05) is 5.69 Å². The van der Waals surface area contributed by atoms with E-state index in [1.165, 1.54) is 0 Å². The first-order valence-corrected chi connectivity index (χ1v) is 8.02. The fourth-order valence-corrected chi connectivity index (χ4v) is 3.45. The normalized spacial score (nSPS) is 12.8. The van der Waals surface area contributed by atoms with Crippen LogP contribution >= 0.6 is 0 Å². The fourth-order valence-electron chi connectivity index (χ4n) is 2.03. The molecule has 0 heterocycles. The first-order valence-electron chi connectivity index (χ1n) is 6.37. The topological polar surface area (TPSA) is 72.2 Å². The molecule has 0 fully saturated rings. The summed E-state index contributed by atoms with van der Waals surface area (Å²) in [6.45, 7) is 1.90. The summed E-state index contributed by atoms with van der Waals surface area (Å²) in [4.78, 5) is 0. The van der Waals surface area contributed by atoms with Crippen LogP contribution < -0.4 is 10.5 Å². The number of sulfonamides is 1. The average Bonchev–Trinajstić information content (AvgIpc) is 2.38. The van der Waals surface area contributed by atoms with Crippen LogP contribution in [0.5, 0.6) is 0 Å². The van der Waals surface area contributed by atoms with Gasteiger partial charge in [0.2, 0.25) is 10.0 Å². The molecule has 0 aliphatic heterocycles. The van der Waals surface area contributed by atoms with Crippen LogP contribution in [-0.2, 0) is 10.0 Å². The molecule has 0 saturated carbocycles. The summed E-state index contributed by atoms with van der Waals surface area (Å²) < 4.78 is 26.8. The zero-order valence-electron chi connectivity index (χ0n) is 11.3. The summed E-state index contributed by atoms with van der Waals surface area (Å²) in [6, 6.07) is 16.3. The van der Waals surface area contributed by atoms with Gasteiger partial charge in [0.15, 0.2) is 0 Å². The highest BCUT2D eigenvalue weighted by atomic mass is 32.2. The van der Waals surface area contributed by atoms with Crippen molar-refractivity contribution >= 4 is 21.4 Å². The van der Waals surface area contributed by atoms with Crippen LogP contribution in [0, 0.1) is 0 Å². The highest BCUT2D eigenvalue weighted by Gasteiger charge is 2.17. The summed E-state index contributed by atoms with van der Waals surface area (Å²) in [5.74, 6) is -0.0408. The van der Waals surface area contributed by atoms with Crippen LogP contribution in [0.15, 0.2) is 54.6 Å². The minimum atomic E-state index is -3.40. The number of nitrogens with two attached hydrogens (primary N) is 1. The Hall–Kier alpha value is -2.01. The number of anilines is 2. The van der Waals surface area contributed by atoms with Gasteiger partial charge in [-0.05, 0) is 29.7 Å². The fraction of sp³-hybridized carbons (Fsp3) is 0.200. The lowest BCUT2D eigenvalue weighted by molar-refractivity contribution is 0.596. The third kappa shape index (κ3) is 3.99. The van der Waals surface area contributed by atoms with Crippen molar-refractivity contribution in [2.24, 2.45) is 0 Å². The van der Waals surface area contributed by atoms with Gasteiger partial charge < -0.3 is 5.73 Å². The second-order valence-corrected chi connectivity index (χ2v) is 6.59. The molecule has 0 aliphatic carbocycles. The Kier molecular flexibility index (Phi) is 4.29. The molecule has 0 amide bonds. The Morgan fingerprint density at radius 3 is 2.45 bits per heavy atom. The van der Waals surface area contributed by atoms with Gasteiger partial charge >= 0.3 is 0 Å². The molecule has 1 unspecified atom stereocenters. The zero-order chi connectivity index (χ0) is 14.6. The first-order chi connectivity index (χ1) is 9.46. The molecule has 0 bridgehead atoms. The third-order valence-electron chi connectivity index (χ3n) is 3.00. The highest BCUT2D eigenvalue weighted by Crippen LogP contribution is 2.19. The Morgan fingerprint density at radius 1 is 1.10 bits per heavy atom. The molecular weight excluding hydrogens is 272 g/mol. The quantitative estimate of drug-likeness (QED) is 0.832. The molecule has 1 atom stereocenters. The second-order valence-electron chi connectivity index (χ2n) is 4.82. The highest BCUT2D eigenvalue weighted by molar-refractivity contribution is 7.92. The molecule has 4 nitrogen and oxygen atoms in total. The van der Waals surface area contributed by atoms with Crippen molar-refractivity contribution in [3.63, 3.8) is 0 Å². The monoisotopic (exact) mass is 290 g/mol. The molecule has 0 spiro atoms. The van der Waals surface area contributed by atoms with Gasteiger partial charge in [0.05, 0.1) is 11.4 Å². The van der Waals surface area contributed by atoms with Gasteiger partial charge in [-0.15, -0.1) is 0 Å². The molecule has 106 valence electrons. The van der Waals surface area contributed by atoms with Gasteiger partial charge in [-0.3, -0.25) is 4.72 Å². The Bertz CT molecular complexity index is 669. The maximum Gasteiger partial charge on any atom is 0.233 e. The third-order valence-corrected chi connectivity index (χ3v) is 4.48. The van der Waals surface area contributed by atoms with Crippen LogP contribution in [-0.4, -0.2) is 14.2 Å². The van der Waals surface area contributed by atoms with Crippen molar-refractivity contribution in [2.75, 3.05) is 16.2 Å². The lowest BCUT2D eigenvalue weighted by Gasteiger charge is -2.14. The van der Waals surface area contributed by atoms with Crippen molar-refractivity contribution in [3.05, 3.63) is 60.2 Å². The van der Waals surface area contributed by atoms with E-state index in [1.54, 1.807) is 24.3 Å². The number of hydrogen-bond acceptors (Lipinski definition) is 3. The molecular formula is C15H18N2O2S. The molecule has 2 aromatic rings. The Morgan fingerprint density at radius 2 is 1.80 bits per heavy atom. The lowest BCUT2D eigenvalue weighted by atomic mass is 10.0. The van der Waals surface area contributed by atoms with E-state index in [-0.39, 0.29) is 11.7 Å². The molecule has 3 N–H and O–H groups in total. The molecule has 2 rings (SSSR count). The molecule has 2 aromatic carbocycles. The zero-order valence-corrected chi connectivity index (χ0v) is 12.1. The smallest absolute Gasteiger partial charge is 0.233 e. The average molecular weight is 290 g/mol. The van der Waals surface area contributed by atoms with Crippen molar-refractivity contribution in [3.8, 4) is 0 Å². The van der Waals surface area contributed by atoms with Crippen LogP contribution in [0.4, 0.5) is 11.4 Å². The van der Waals surface area contributed by atoms with Crippen molar-refractivity contribution in [1.29, 1.82) is 0 Å².